The van der Waals surface area contributed by atoms with E-state index in [1.54, 1.807) is 0 Å². The first-order valence-corrected chi connectivity index (χ1v) is 21.9. The molecule has 0 spiro atoms. The Morgan fingerprint density at radius 1 is 0.288 bits per heavy atom. The Morgan fingerprint density at radius 3 is 1.36 bits per heavy atom. The van der Waals surface area contributed by atoms with Crippen LogP contribution in [-0.4, -0.2) is 17.2 Å². The minimum absolute atomic E-state index is 0. The third kappa shape index (κ3) is 5.13. The lowest BCUT2D eigenvalue weighted by Gasteiger charge is -2.34. The zero-order valence-electron chi connectivity index (χ0n) is 31.6. The van der Waals surface area contributed by atoms with E-state index in [9.17, 15) is 0 Å². The molecule has 4 heteroatoms. The summed E-state index contributed by atoms with van der Waals surface area (Å²) in [4.78, 5) is 0. The third-order valence-corrected chi connectivity index (χ3v) is 17.0. The van der Waals surface area contributed by atoms with Crippen molar-refractivity contribution >= 4 is 94.4 Å². The Balaban J connectivity index is 0.00000397. The molecule has 0 aliphatic rings. The topological polar surface area (TPSA) is 23.0 Å². The average Bonchev–Trinajstić information content (AvgIpc) is 3.95. The summed E-state index contributed by atoms with van der Waals surface area (Å²) in [7, 11) is -2.76. The summed E-state index contributed by atoms with van der Waals surface area (Å²) in [5.74, 6) is 0. The number of hydrogen-bond donors (Lipinski definition) is 0. The molecule has 0 unspecified atom stereocenters. The van der Waals surface area contributed by atoms with Crippen molar-refractivity contribution in [3.05, 3.63) is 218 Å². The van der Waals surface area contributed by atoms with Gasteiger partial charge >= 0.3 is 0 Å². The van der Waals surface area contributed by atoms with Gasteiger partial charge in [-0.2, -0.15) is 0 Å². The SMILES string of the molecule is C.c1ccc([Si](c2ccccc2)(c2ccccc2)c2ccc3c4ccccc4n(-c4ccc5c(c4)c4ccccc4n5-c4ccc5oc6ccccc6c5c4)c3c2)cc1. The lowest BCUT2D eigenvalue weighted by Crippen LogP contribution is -2.74. The van der Waals surface area contributed by atoms with Crippen molar-refractivity contribution in [1.29, 1.82) is 0 Å². The van der Waals surface area contributed by atoms with Crippen LogP contribution in [0.4, 0.5) is 0 Å². The van der Waals surface area contributed by atoms with E-state index in [2.05, 4.69) is 215 Å². The molecule has 0 saturated heterocycles. The zero-order chi connectivity index (χ0) is 38.2. The molecule has 0 aliphatic carbocycles. The highest BCUT2D eigenvalue weighted by Crippen LogP contribution is 2.38. The van der Waals surface area contributed by atoms with Crippen LogP contribution in [-0.2, 0) is 0 Å². The van der Waals surface area contributed by atoms with Crippen molar-refractivity contribution in [2.75, 3.05) is 0 Å². The number of rotatable bonds is 6. The highest BCUT2D eigenvalue weighted by atomic mass is 28.3. The van der Waals surface area contributed by atoms with Crippen LogP contribution in [0.1, 0.15) is 7.43 Å². The Bertz CT molecular complexity index is 3410. The van der Waals surface area contributed by atoms with Crippen LogP contribution in [0, 0.1) is 0 Å². The van der Waals surface area contributed by atoms with Gasteiger partial charge < -0.3 is 13.6 Å². The van der Waals surface area contributed by atoms with E-state index in [4.69, 9.17) is 4.42 Å². The van der Waals surface area contributed by atoms with Gasteiger partial charge in [-0.1, -0.05) is 165 Å². The number of nitrogens with zero attached hydrogens (tertiary/aromatic N) is 2. The van der Waals surface area contributed by atoms with Crippen molar-refractivity contribution in [3.63, 3.8) is 0 Å². The summed E-state index contributed by atoms with van der Waals surface area (Å²) in [6, 6.07) is 80.4. The van der Waals surface area contributed by atoms with Crippen molar-refractivity contribution in [3.8, 4) is 11.4 Å². The average molecular weight is 773 g/mol. The van der Waals surface area contributed by atoms with Crippen LogP contribution < -0.4 is 20.7 Å². The summed E-state index contributed by atoms with van der Waals surface area (Å²) in [6.07, 6.45) is 0. The monoisotopic (exact) mass is 772 g/mol. The molecule has 0 fully saturated rings. The lowest BCUT2D eigenvalue weighted by molar-refractivity contribution is 0.669. The van der Waals surface area contributed by atoms with Crippen LogP contribution in [0.5, 0.6) is 0 Å². The quantitative estimate of drug-likeness (QED) is 0.122. The van der Waals surface area contributed by atoms with Gasteiger partial charge in [0.25, 0.3) is 0 Å². The van der Waals surface area contributed by atoms with E-state index in [-0.39, 0.29) is 7.43 Å². The van der Waals surface area contributed by atoms with Crippen LogP contribution in [0.3, 0.4) is 0 Å². The van der Waals surface area contributed by atoms with Gasteiger partial charge in [0, 0.05) is 43.7 Å². The summed E-state index contributed by atoms with van der Waals surface area (Å²) in [5.41, 5.74) is 8.81. The van der Waals surface area contributed by atoms with Gasteiger partial charge in [-0.05, 0) is 81.4 Å². The van der Waals surface area contributed by atoms with Gasteiger partial charge in [-0.15, -0.1) is 0 Å². The zero-order valence-corrected chi connectivity index (χ0v) is 32.6. The van der Waals surface area contributed by atoms with E-state index in [0.717, 1.165) is 33.3 Å². The predicted molar refractivity (Wildman–Crippen MR) is 253 cm³/mol. The molecule has 3 nitrogen and oxygen atoms in total. The second-order valence-corrected chi connectivity index (χ2v) is 19.1. The molecule has 0 atom stereocenters. The van der Waals surface area contributed by atoms with Crippen molar-refractivity contribution in [2.24, 2.45) is 0 Å². The van der Waals surface area contributed by atoms with E-state index < -0.39 is 8.07 Å². The smallest absolute Gasteiger partial charge is 0.179 e. The molecule has 3 aromatic heterocycles. The highest BCUT2D eigenvalue weighted by Gasteiger charge is 2.41. The number of para-hydroxylation sites is 3. The maximum absolute atomic E-state index is 6.22. The first kappa shape index (κ1) is 34.8. The number of furan rings is 1. The molecule has 0 N–H and O–H groups in total. The largest absolute Gasteiger partial charge is 0.456 e. The van der Waals surface area contributed by atoms with Gasteiger partial charge in [0.15, 0.2) is 8.07 Å². The second kappa shape index (κ2) is 13.6. The molecule has 9 aromatic carbocycles. The van der Waals surface area contributed by atoms with E-state index in [1.165, 1.54) is 64.4 Å². The van der Waals surface area contributed by atoms with Crippen molar-refractivity contribution < 1.29 is 4.42 Å². The molecule has 0 aliphatic heterocycles. The normalized spacial score (nSPS) is 11.9. The van der Waals surface area contributed by atoms with E-state index in [0.29, 0.717) is 0 Å². The van der Waals surface area contributed by atoms with Gasteiger partial charge in [0.05, 0.1) is 22.1 Å². The Hall–Kier alpha value is -7.40. The maximum atomic E-state index is 6.22. The minimum Gasteiger partial charge on any atom is -0.456 e. The molecule has 12 rings (SSSR count). The Kier molecular flexibility index (Phi) is 8.04. The minimum atomic E-state index is -2.76. The second-order valence-electron chi connectivity index (χ2n) is 15.3. The number of hydrogen-bond acceptors (Lipinski definition) is 1. The highest BCUT2D eigenvalue weighted by molar-refractivity contribution is 7.20. The predicted octanol–water partition coefficient (Wildman–Crippen LogP) is 11.8. The van der Waals surface area contributed by atoms with Crippen molar-refractivity contribution in [2.45, 2.75) is 7.43 Å². The molecule has 0 bridgehead atoms. The van der Waals surface area contributed by atoms with Crippen LogP contribution >= 0.6 is 0 Å². The molecular formula is C55H40N2OSi. The molecule has 59 heavy (non-hydrogen) atoms. The van der Waals surface area contributed by atoms with Crippen LogP contribution in [0.25, 0.3) is 76.9 Å². The molecule has 0 radical (unpaired) electrons. The molecular weight excluding hydrogens is 733 g/mol. The number of fused-ring (bicyclic) bond motifs is 9. The summed E-state index contributed by atoms with van der Waals surface area (Å²) in [5, 5.41) is 12.6. The van der Waals surface area contributed by atoms with E-state index >= 15 is 0 Å². The fourth-order valence-electron chi connectivity index (χ4n) is 9.78. The lowest BCUT2D eigenvalue weighted by atomic mass is 10.1. The molecule has 280 valence electrons. The summed E-state index contributed by atoms with van der Waals surface area (Å²) < 4.78 is 11.1. The molecule has 12 aromatic rings. The van der Waals surface area contributed by atoms with Gasteiger partial charge in [-0.3, -0.25) is 0 Å². The first-order chi connectivity index (χ1) is 28.8. The fourth-order valence-corrected chi connectivity index (χ4v) is 14.5. The standard InChI is InChI=1S/C54H36N2OSi.CH4/c1-4-16-39(17-5-1)58(40-18-6-2-7-19-40,41-20-8-3-9-21-41)42-30-31-45-43-22-10-13-25-49(43)56(52(45)36-42)37-28-32-51-47(34-37)44-23-11-14-26-50(44)55(51)38-29-33-54-48(35-38)46-24-12-15-27-53(46)57-54;/h1-36H;1H4. The van der Waals surface area contributed by atoms with Gasteiger partial charge in [-0.25, -0.2) is 0 Å². The molecule has 3 heterocycles. The number of aromatic nitrogens is 2. The van der Waals surface area contributed by atoms with E-state index in [1.807, 2.05) is 12.1 Å². The van der Waals surface area contributed by atoms with Gasteiger partial charge in [0.1, 0.15) is 11.2 Å². The first-order valence-electron chi connectivity index (χ1n) is 19.9. The fraction of sp³-hybridized carbons (Fsp3) is 0.0182. The molecule has 0 saturated carbocycles. The maximum Gasteiger partial charge on any atom is 0.179 e. The van der Waals surface area contributed by atoms with Crippen LogP contribution in [0.15, 0.2) is 223 Å². The van der Waals surface area contributed by atoms with Crippen molar-refractivity contribution in [1.82, 2.24) is 9.13 Å². The van der Waals surface area contributed by atoms with Gasteiger partial charge in [0.2, 0.25) is 0 Å². The Labute approximate surface area is 343 Å². The Morgan fingerprint density at radius 2 is 0.729 bits per heavy atom. The summed E-state index contributed by atoms with van der Waals surface area (Å²) in [6.45, 7) is 0. The molecule has 0 amide bonds. The number of benzene rings is 9. The third-order valence-electron chi connectivity index (χ3n) is 12.3. The summed E-state index contributed by atoms with van der Waals surface area (Å²) >= 11 is 0. The van der Waals surface area contributed by atoms with Crippen LogP contribution in [0.2, 0.25) is 0 Å².